The summed E-state index contributed by atoms with van der Waals surface area (Å²) < 4.78 is 16.2. The fourth-order valence-electron chi connectivity index (χ4n) is 5.59. The number of nitrogens with zero attached hydrogens (tertiary/aromatic N) is 7. The molecule has 0 spiro atoms. The van der Waals surface area contributed by atoms with Gasteiger partial charge < -0.3 is 16.2 Å². The fourth-order valence-corrected chi connectivity index (χ4v) is 5.59. The third-order valence-corrected chi connectivity index (χ3v) is 7.65. The molecule has 0 bridgehead atoms. The maximum Gasteiger partial charge on any atom is 0.240 e. The van der Waals surface area contributed by atoms with E-state index in [1.807, 2.05) is 0 Å². The third kappa shape index (κ3) is 3.61. The van der Waals surface area contributed by atoms with Crippen LogP contribution in [0.25, 0.3) is 17.2 Å². The molecular formula is C26H24FN9O2. The molecule has 1 aliphatic heterocycles. The predicted octanol–water partition coefficient (Wildman–Crippen LogP) is 3.26. The van der Waals surface area contributed by atoms with Crippen molar-refractivity contribution in [3.8, 4) is 23.3 Å². The van der Waals surface area contributed by atoms with Gasteiger partial charge in [-0.1, -0.05) is 32.1 Å². The summed E-state index contributed by atoms with van der Waals surface area (Å²) in [5.74, 6) is -1.16. The van der Waals surface area contributed by atoms with Crippen molar-refractivity contribution < 1.29 is 14.3 Å². The van der Waals surface area contributed by atoms with Gasteiger partial charge in [0.05, 0.1) is 17.5 Å². The Hall–Kier alpha value is -4.66. The van der Waals surface area contributed by atoms with E-state index in [1.165, 1.54) is 38.6 Å². The number of aromatic hydroxyl groups is 1. The molecule has 1 aromatic carbocycles. The molecule has 1 fully saturated rings. The molecule has 6 rings (SSSR count). The average Bonchev–Trinajstić information content (AvgIpc) is 3.47. The van der Waals surface area contributed by atoms with Crippen molar-refractivity contribution in [2.24, 2.45) is 5.92 Å². The number of aromatic nitrogens is 6. The number of phenols is 1. The molecule has 4 N–H and O–H groups in total. The van der Waals surface area contributed by atoms with E-state index in [-0.39, 0.29) is 28.6 Å². The number of carbonyl (C=O) groups is 1. The topological polar surface area (TPSA) is 168 Å². The van der Waals surface area contributed by atoms with Crippen LogP contribution in [0.1, 0.15) is 61.4 Å². The molecule has 1 aliphatic carbocycles. The summed E-state index contributed by atoms with van der Waals surface area (Å²) in [6, 6.07) is 3.83. The van der Waals surface area contributed by atoms with Crippen molar-refractivity contribution in [3.05, 3.63) is 52.9 Å². The molecule has 3 aromatic heterocycles. The van der Waals surface area contributed by atoms with Crippen LogP contribution in [0.3, 0.4) is 0 Å². The number of amides is 1. The average molecular weight is 514 g/mol. The minimum absolute atomic E-state index is 0.00410. The SMILES string of the molecule is C[C@@]1(c2cc(O)c(C#N)c(F)c2)C(=O)Nc2nc(-c3cn4ncnc4c(CC4CCCCC4)n3)nc(N)c21. The van der Waals surface area contributed by atoms with E-state index in [0.29, 0.717) is 17.3 Å². The highest BCUT2D eigenvalue weighted by Gasteiger charge is 2.48. The Morgan fingerprint density at radius 3 is 2.79 bits per heavy atom. The van der Waals surface area contributed by atoms with Gasteiger partial charge in [-0.3, -0.25) is 4.79 Å². The molecule has 1 amide bonds. The summed E-state index contributed by atoms with van der Waals surface area (Å²) >= 11 is 0. The van der Waals surface area contributed by atoms with Gasteiger partial charge in [0.1, 0.15) is 52.3 Å². The van der Waals surface area contributed by atoms with Gasteiger partial charge in [-0.2, -0.15) is 10.4 Å². The summed E-state index contributed by atoms with van der Waals surface area (Å²) in [5.41, 5.74) is 6.64. The Kier molecular flexibility index (Phi) is 5.45. The first-order valence-electron chi connectivity index (χ1n) is 12.4. The first-order valence-corrected chi connectivity index (χ1v) is 12.4. The van der Waals surface area contributed by atoms with Crippen LogP contribution in [0, 0.1) is 23.1 Å². The van der Waals surface area contributed by atoms with Crippen LogP contribution in [0.15, 0.2) is 24.7 Å². The number of hydrogen-bond acceptors (Lipinski definition) is 9. The molecule has 0 radical (unpaired) electrons. The normalized spacial score (nSPS) is 19.3. The third-order valence-electron chi connectivity index (χ3n) is 7.65. The quantitative estimate of drug-likeness (QED) is 0.371. The molecule has 1 saturated carbocycles. The van der Waals surface area contributed by atoms with Crippen molar-refractivity contribution in [1.82, 2.24) is 29.5 Å². The molecule has 38 heavy (non-hydrogen) atoms. The van der Waals surface area contributed by atoms with Crippen LogP contribution >= 0.6 is 0 Å². The minimum atomic E-state index is -1.50. The second kappa shape index (κ2) is 8.72. The molecule has 2 aliphatic rings. The van der Waals surface area contributed by atoms with Gasteiger partial charge in [0, 0.05) is 0 Å². The highest BCUT2D eigenvalue weighted by atomic mass is 19.1. The summed E-state index contributed by atoms with van der Waals surface area (Å²) in [4.78, 5) is 31.4. The number of fused-ring (bicyclic) bond motifs is 2. The van der Waals surface area contributed by atoms with Crippen molar-refractivity contribution in [2.45, 2.75) is 50.9 Å². The zero-order chi connectivity index (χ0) is 26.6. The van der Waals surface area contributed by atoms with E-state index in [2.05, 4.69) is 25.4 Å². The summed E-state index contributed by atoms with van der Waals surface area (Å²) in [6.07, 6.45) is 9.85. The Bertz CT molecular complexity index is 1630. The van der Waals surface area contributed by atoms with Gasteiger partial charge in [-0.05, 0) is 37.0 Å². The Morgan fingerprint density at radius 1 is 1.26 bits per heavy atom. The van der Waals surface area contributed by atoms with Gasteiger partial charge in [0.15, 0.2) is 11.5 Å². The monoisotopic (exact) mass is 513 g/mol. The van der Waals surface area contributed by atoms with Crippen molar-refractivity contribution in [1.29, 1.82) is 5.26 Å². The van der Waals surface area contributed by atoms with Crippen molar-refractivity contribution in [3.63, 3.8) is 0 Å². The van der Waals surface area contributed by atoms with E-state index in [0.717, 1.165) is 31.0 Å². The number of benzene rings is 1. The van der Waals surface area contributed by atoms with E-state index in [4.69, 9.17) is 16.0 Å². The molecule has 0 saturated heterocycles. The second-order valence-electron chi connectivity index (χ2n) is 10.0. The molecule has 4 aromatic rings. The number of nitrogens with one attached hydrogen (secondary N) is 1. The highest BCUT2D eigenvalue weighted by molar-refractivity contribution is 6.09. The van der Waals surface area contributed by atoms with Crippen LogP contribution < -0.4 is 11.1 Å². The summed E-state index contributed by atoms with van der Waals surface area (Å²) in [7, 11) is 0. The van der Waals surface area contributed by atoms with Crippen LogP contribution in [0.2, 0.25) is 0 Å². The first-order chi connectivity index (χ1) is 18.3. The van der Waals surface area contributed by atoms with Crippen LogP contribution in [0.5, 0.6) is 5.75 Å². The van der Waals surface area contributed by atoms with Gasteiger partial charge in [0.2, 0.25) is 5.91 Å². The second-order valence-corrected chi connectivity index (χ2v) is 10.0. The van der Waals surface area contributed by atoms with E-state index in [9.17, 15) is 14.3 Å². The van der Waals surface area contributed by atoms with Crippen molar-refractivity contribution >= 4 is 23.2 Å². The number of hydrogen-bond donors (Lipinski definition) is 3. The summed E-state index contributed by atoms with van der Waals surface area (Å²) in [6.45, 7) is 1.54. The Labute approximate surface area is 216 Å². The van der Waals surface area contributed by atoms with Crippen LogP contribution in [-0.2, 0) is 16.6 Å². The Morgan fingerprint density at radius 2 is 2.05 bits per heavy atom. The molecule has 192 valence electrons. The maximum atomic E-state index is 14.5. The Balaban J connectivity index is 1.44. The molecule has 0 unspecified atom stereocenters. The van der Waals surface area contributed by atoms with E-state index >= 15 is 0 Å². The van der Waals surface area contributed by atoms with Gasteiger partial charge in [-0.25, -0.2) is 28.8 Å². The number of phenolic OH excluding ortho intramolecular Hbond substituents is 1. The standard InChI is InChI=1S/C26H24FN9O2/c1-26(14-8-16(27)15(10-28)19(37)9-14)20-21(29)33-22(34-23(20)35-25(26)38)18-11-36-24(30-12-31-36)17(32-18)7-13-5-3-2-4-6-13/h8-9,11-13,37H,2-7H2,1H3,(H3,29,33,34,35,38)/t26-/m0/s1. The maximum absolute atomic E-state index is 14.5. The number of anilines is 2. The lowest BCUT2D eigenvalue weighted by Gasteiger charge is -2.24. The van der Waals surface area contributed by atoms with Crippen LogP contribution in [-0.4, -0.2) is 40.6 Å². The number of rotatable bonds is 4. The number of halogens is 1. The zero-order valence-corrected chi connectivity index (χ0v) is 20.6. The number of nitriles is 1. The predicted molar refractivity (Wildman–Crippen MR) is 134 cm³/mol. The lowest BCUT2D eigenvalue weighted by molar-refractivity contribution is -0.119. The smallest absolute Gasteiger partial charge is 0.240 e. The number of nitrogens with two attached hydrogens (primary N) is 1. The fraction of sp³-hybridized carbons (Fsp3) is 0.346. The van der Waals surface area contributed by atoms with Crippen molar-refractivity contribution in [2.75, 3.05) is 11.1 Å². The molecule has 12 heteroatoms. The lowest BCUT2D eigenvalue weighted by atomic mass is 9.77. The van der Waals surface area contributed by atoms with E-state index < -0.39 is 28.5 Å². The van der Waals surface area contributed by atoms with Crippen LogP contribution in [0.4, 0.5) is 16.0 Å². The van der Waals surface area contributed by atoms with E-state index in [1.54, 1.807) is 16.8 Å². The molecule has 11 nitrogen and oxygen atoms in total. The number of nitrogen functional groups attached to an aromatic ring is 1. The zero-order valence-electron chi connectivity index (χ0n) is 20.6. The van der Waals surface area contributed by atoms with Gasteiger partial charge in [0.25, 0.3) is 0 Å². The summed E-state index contributed by atoms with van der Waals surface area (Å²) in [5, 5.41) is 26.3. The van der Waals surface area contributed by atoms with Gasteiger partial charge in [-0.15, -0.1) is 0 Å². The van der Waals surface area contributed by atoms with Gasteiger partial charge >= 0.3 is 0 Å². The first kappa shape index (κ1) is 23.7. The highest BCUT2D eigenvalue weighted by Crippen LogP contribution is 2.46. The largest absolute Gasteiger partial charge is 0.506 e. The molecule has 1 atom stereocenters. The number of carbonyl (C=O) groups excluding carboxylic acids is 1. The molecule has 4 heterocycles. The molecular weight excluding hydrogens is 489 g/mol. The minimum Gasteiger partial charge on any atom is -0.506 e. The lowest BCUT2D eigenvalue weighted by Crippen LogP contribution is -2.33.